The first-order valence-electron chi connectivity index (χ1n) is 4.28. The van der Waals surface area contributed by atoms with Gasteiger partial charge in [0.05, 0.1) is 11.1 Å². The van der Waals surface area contributed by atoms with Crippen LogP contribution in [0.4, 0.5) is 4.79 Å². The standard InChI is InChI=1S/C9H7ClN2O3S/c10-7-3-1-6(2-4-7)8-5-16(14,15)12-9(13)11-8/h1-5H,(H2,11,12,13). The number of urea groups is 1. The topological polar surface area (TPSA) is 75.3 Å². The lowest BCUT2D eigenvalue weighted by molar-refractivity contribution is 0.249. The molecule has 0 bridgehead atoms. The Morgan fingerprint density at radius 1 is 1.12 bits per heavy atom. The van der Waals surface area contributed by atoms with Crippen molar-refractivity contribution in [1.82, 2.24) is 10.0 Å². The van der Waals surface area contributed by atoms with E-state index in [0.29, 0.717) is 10.6 Å². The third-order valence-corrected chi connectivity index (χ3v) is 3.18. The zero-order valence-corrected chi connectivity index (χ0v) is 9.47. The minimum atomic E-state index is -3.70. The van der Waals surface area contributed by atoms with Crippen molar-refractivity contribution < 1.29 is 13.2 Å². The summed E-state index contributed by atoms with van der Waals surface area (Å²) >= 11 is 5.70. The lowest BCUT2D eigenvalue weighted by atomic mass is 10.2. The molecular formula is C9H7ClN2O3S. The van der Waals surface area contributed by atoms with E-state index in [-0.39, 0.29) is 5.70 Å². The summed E-state index contributed by atoms with van der Waals surface area (Å²) in [5.74, 6) is 0. The summed E-state index contributed by atoms with van der Waals surface area (Å²) in [5.41, 5.74) is 0.795. The number of halogens is 1. The van der Waals surface area contributed by atoms with Gasteiger partial charge in [0.2, 0.25) is 0 Å². The summed E-state index contributed by atoms with van der Waals surface area (Å²) in [6.45, 7) is 0. The van der Waals surface area contributed by atoms with E-state index in [1.807, 2.05) is 0 Å². The van der Waals surface area contributed by atoms with E-state index < -0.39 is 16.1 Å². The molecule has 0 saturated heterocycles. The average molecular weight is 259 g/mol. The van der Waals surface area contributed by atoms with E-state index in [2.05, 4.69) is 5.32 Å². The highest BCUT2D eigenvalue weighted by Crippen LogP contribution is 2.18. The van der Waals surface area contributed by atoms with E-state index in [9.17, 15) is 13.2 Å². The molecule has 5 nitrogen and oxygen atoms in total. The zero-order chi connectivity index (χ0) is 11.8. The Hall–Kier alpha value is -1.53. The molecule has 0 aliphatic carbocycles. The van der Waals surface area contributed by atoms with E-state index in [4.69, 9.17) is 11.6 Å². The molecule has 0 radical (unpaired) electrons. The first-order valence-corrected chi connectivity index (χ1v) is 6.20. The van der Waals surface area contributed by atoms with Crippen LogP contribution in [0.5, 0.6) is 0 Å². The van der Waals surface area contributed by atoms with E-state index in [0.717, 1.165) is 5.41 Å². The molecule has 0 atom stereocenters. The molecule has 7 heteroatoms. The van der Waals surface area contributed by atoms with Gasteiger partial charge in [-0.15, -0.1) is 0 Å². The second-order valence-electron chi connectivity index (χ2n) is 3.14. The van der Waals surface area contributed by atoms with Gasteiger partial charge in [0.1, 0.15) is 0 Å². The van der Waals surface area contributed by atoms with Crippen molar-refractivity contribution in [3.05, 3.63) is 40.3 Å². The first kappa shape index (κ1) is 11.0. The number of nitrogens with one attached hydrogen (secondary N) is 2. The maximum atomic E-state index is 11.2. The Bertz CT molecular complexity index is 563. The summed E-state index contributed by atoms with van der Waals surface area (Å²) in [6, 6.07) is 5.69. The normalized spacial score (nSPS) is 18.3. The van der Waals surface area contributed by atoms with Gasteiger partial charge in [-0.2, -0.15) is 0 Å². The number of carbonyl (C=O) groups excluding carboxylic acids is 1. The molecule has 0 saturated carbocycles. The van der Waals surface area contributed by atoms with Crippen LogP contribution in [0, 0.1) is 0 Å². The van der Waals surface area contributed by atoms with Gasteiger partial charge in [0.25, 0.3) is 10.0 Å². The fourth-order valence-electron chi connectivity index (χ4n) is 1.26. The minimum absolute atomic E-state index is 0.223. The molecule has 0 aromatic heterocycles. The van der Waals surface area contributed by atoms with Crippen LogP contribution in [0.2, 0.25) is 5.02 Å². The van der Waals surface area contributed by atoms with Crippen molar-refractivity contribution in [2.45, 2.75) is 0 Å². The fraction of sp³-hybridized carbons (Fsp3) is 0. The summed E-state index contributed by atoms with van der Waals surface area (Å²) in [4.78, 5) is 11.1. The molecule has 0 unspecified atom stereocenters. The molecular weight excluding hydrogens is 252 g/mol. The number of rotatable bonds is 1. The van der Waals surface area contributed by atoms with Crippen LogP contribution in [0.25, 0.3) is 5.70 Å². The number of hydrogen-bond donors (Lipinski definition) is 2. The molecule has 1 aromatic carbocycles. The van der Waals surface area contributed by atoms with Crippen molar-refractivity contribution in [3.8, 4) is 0 Å². The molecule has 0 spiro atoms. The van der Waals surface area contributed by atoms with Crippen LogP contribution in [-0.2, 0) is 10.0 Å². The monoisotopic (exact) mass is 258 g/mol. The van der Waals surface area contributed by atoms with Gasteiger partial charge in [0.15, 0.2) is 0 Å². The summed E-state index contributed by atoms with van der Waals surface area (Å²) < 4.78 is 24.3. The zero-order valence-electron chi connectivity index (χ0n) is 7.90. The van der Waals surface area contributed by atoms with E-state index >= 15 is 0 Å². The van der Waals surface area contributed by atoms with Gasteiger partial charge >= 0.3 is 6.03 Å². The molecule has 2 amide bonds. The maximum absolute atomic E-state index is 11.2. The van der Waals surface area contributed by atoms with Crippen LogP contribution in [0.15, 0.2) is 29.7 Å². The third-order valence-electron chi connectivity index (χ3n) is 1.91. The lowest BCUT2D eigenvalue weighted by Gasteiger charge is -2.15. The largest absolute Gasteiger partial charge is 0.333 e. The molecule has 1 aliphatic heterocycles. The maximum Gasteiger partial charge on any atom is 0.333 e. The Morgan fingerprint density at radius 3 is 2.31 bits per heavy atom. The molecule has 1 aliphatic rings. The molecule has 84 valence electrons. The van der Waals surface area contributed by atoms with Crippen LogP contribution < -0.4 is 10.0 Å². The van der Waals surface area contributed by atoms with Crippen LogP contribution in [-0.4, -0.2) is 14.4 Å². The van der Waals surface area contributed by atoms with Gasteiger partial charge in [-0.3, -0.25) is 0 Å². The quantitative estimate of drug-likeness (QED) is 0.797. The van der Waals surface area contributed by atoms with Gasteiger partial charge < -0.3 is 5.32 Å². The van der Waals surface area contributed by atoms with E-state index in [1.54, 1.807) is 29.0 Å². The van der Waals surface area contributed by atoms with Crippen molar-refractivity contribution in [1.29, 1.82) is 0 Å². The van der Waals surface area contributed by atoms with Gasteiger partial charge in [-0.1, -0.05) is 23.7 Å². The summed E-state index contributed by atoms with van der Waals surface area (Å²) in [6.07, 6.45) is 0. The van der Waals surface area contributed by atoms with Crippen molar-refractivity contribution in [2.24, 2.45) is 0 Å². The fourth-order valence-corrected chi connectivity index (χ4v) is 2.26. The highest BCUT2D eigenvalue weighted by molar-refractivity contribution is 7.93. The SMILES string of the molecule is O=C1NC(c2ccc(Cl)cc2)=CS(=O)(=O)N1. The van der Waals surface area contributed by atoms with Crippen LogP contribution >= 0.6 is 11.6 Å². The predicted octanol–water partition coefficient (Wildman–Crippen LogP) is 1.28. The Labute approximate surface area is 97.2 Å². The third kappa shape index (κ3) is 2.34. The second kappa shape index (κ2) is 3.80. The summed E-state index contributed by atoms with van der Waals surface area (Å²) in [7, 11) is -3.70. The molecule has 2 rings (SSSR count). The molecule has 2 N–H and O–H groups in total. The van der Waals surface area contributed by atoms with Crippen molar-refractivity contribution in [2.75, 3.05) is 0 Å². The van der Waals surface area contributed by atoms with Crippen molar-refractivity contribution >= 4 is 33.4 Å². The van der Waals surface area contributed by atoms with Gasteiger partial charge in [-0.25, -0.2) is 17.9 Å². The van der Waals surface area contributed by atoms with Gasteiger partial charge in [-0.05, 0) is 17.7 Å². The minimum Gasteiger partial charge on any atom is -0.306 e. The lowest BCUT2D eigenvalue weighted by Crippen LogP contribution is -2.41. The Balaban J connectivity index is 2.45. The van der Waals surface area contributed by atoms with Crippen LogP contribution in [0.3, 0.4) is 0 Å². The number of amides is 2. The van der Waals surface area contributed by atoms with Crippen LogP contribution in [0.1, 0.15) is 5.56 Å². The van der Waals surface area contributed by atoms with Crippen molar-refractivity contribution in [3.63, 3.8) is 0 Å². The molecule has 1 aromatic rings. The number of sulfonamides is 1. The first-order chi connectivity index (χ1) is 7.46. The Morgan fingerprint density at radius 2 is 1.75 bits per heavy atom. The highest BCUT2D eigenvalue weighted by atomic mass is 35.5. The average Bonchev–Trinajstić information content (AvgIpc) is 2.15. The molecule has 0 fully saturated rings. The smallest absolute Gasteiger partial charge is 0.306 e. The predicted molar refractivity (Wildman–Crippen MR) is 60.0 cm³/mol. The Kier molecular flexibility index (Phi) is 2.61. The molecule has 16 heavy (non-hydrogen) atoms. The van der Waals surface area contributed by atoms with E-state index in [1.165, 1.54) is 0 Å². The van der Waals surface area contributed by atoms with Gasteiger partial charge in [0, 0.05) is 5.02 Å². The number of benzene rings is 1. The second-order valence-corrected chi connectivity index (χ2v) is 5.11. The summed E-state index contributed by atoms with van der Waals surface area (Å²) in [5, 5.41) is 3.89. The number of hydrogen-bond acceptors (Lipinski definition) is 3. The molecule has 1 heterocycles. The highest BCUT2D eigenvalue weighted by Gasteiger charge is 2.21. The number of carbonyl (C=O) groups is 1.